The molecule has 2 heterocycles. The smallest absolute Gasteiger partial charge is 0.279 e. The van der Waals surface area contributed by atoms with Gasteiger partial charge in [0.1, 0.15) is 0 Å². The van der Waals surface area contributed by atoms with Gasteiger partial charge in [0.2, 0.25) is 0 Å². The van der Waals surface area contributed by atoms with Crippen LogP contribution in [-0.4, -0.2) is 61.0 Å². The minimum atomic E-state index is 0.0134. The van der Waals surface area contributed by atoms with Gasteiger partial charge in [0.25, 0.3) is 11.8 Å². The molecule has 2 aliphatic heterocycles. The van der Waals surface area contributed by atoms with Gasteiger partial charge in [-0.1, -0.05) is 18.2 Å². The molecule has 2 aliphatic rings. The Morgan fingerprint density at radius 1 is 1.00 bits per heavy atom. The fourth-order valence-corrected chi connectivity index (χ4v) is 3.10. The average molecular weight is 288 g/mol. The number of carbonyl (C=O) groups is 2. The molecule has 0 aromatic heterocycles. The SMILES string of the molecule is O=C(C[NH+]1CCCC1)N1CCN(C(=O)c2ccccc2)C1. The Morgan fingerprint density at radius 2 is 1.67 bits per heavy atom. The maximum atomic E-state index is 12.3. The molecule has 0 saturated carbocycles. The first-order valence-corrected chi connectivity index (χ1v) is 7.70. The number of benzene rings is 1. The normalized spacial score (nSPS) is 19.2. The van der Waals surface area contributed by atoms with Crippen molar-refractivity contribution in [3.8, 4) is 0 Å². The molecular formula is C16H22N3O2+. The van der Waals surface area contributed by atoms with Crippen molar-refractivity contribution in [2.75, 3.05) is 39.4 Å². The summed E-state index contributed by atoms with van der Waals surface area (Å²) in [6, 6.07) is 9.27. The van der Waals surface area contributed by atoms with Crippen LogP contribution in [0.1, 0.15) is 23.2 Å². The molecule has 2 amide bonds. The van der Waals surface area contributed by atoms with Crippen LogP contribution in [0.3, 0.4) is 0 Å². The summed E-state index contributed by atoms with van der Waals surface area (Å²) in [5.41, 5.74) is 0.692. The van der Waals surface area contributed by atoms with E-state index in [2.05, 4.69) is 0 Å². The Balaban J connectivity index is 1.55. The van der Waals surface area contributed by atoms with E-state index in [1.165, 1.54) is 17.7 Å². The van der Waals surface area contributed by atoms with Gasteiger partial charge in [-0.15, -0.1) is 0 Å². The summed E-state index contributed by atoms with van der Waals surface area (Å²) in [6.07, 6.45) is 2.45. The fourth-order valence-electron chi connectivity index (χ4n) is 3.10. The van der Waals surface area contributed by atoms with Gasteiger partial charge in [0, 0.05) is 31.5 Å². The van der Waals surface area contributed by atoms with Crippen LogP contribution in [0.2, 0.25) is 0 Å². The van der Waals surface area contributed by atoms with E-state index >= 15 is 0 Å². The van der Waals surface area contributed by atoms with Crippen LogP contribution < -0.4 is 4.90 Å². The third-order valence-corrected chi connectivity index (χ3v) is 4.35. The van der Waals surface area contributed by atoms with Crippen molar-refractivity contribution in [1.82, 2.24) is 9.80 Å². The molecule has 21 heavy (non-hydrogen) atoms. The highest BCUT2D eigenvalue weighted by Gasteiger charge is 2.30. The van der Waals surface area contributed by atoms with Gasteiger partial charge in [-0.05, 0) is 12.1 Å². The van der Waals surface area contributed by atoms with Crippen LogP contribution in [0.25, 0.3) is 0 Å². The lowest BCUT2D eigenvalue weighted by atomic mass is 10.2. The quantitative estimate of drug-likeness (QED) is 0.823. The highest BCUT2D eigenvalue weighted by molar-refractivity contribution is 5.94. The maximum absolute atomic E-state index is 12.3. The monoisotopic (exact) mass is 288 g/mol. The third-order valence-electron chi connectivity index (χ3n) is 4.35. The lowest BCUT2D eigenvalue weighted by Gasteiger charge is -2.20. The van der Waals surface area contributed by atoms with Gasteiger partial charge in [0.15, 0.2) is 6.54 Å². The minimum absolute atomic E-state index is 0.0134. The molecule has 5 heteroatoms. The zero-order valence-corrected chi connectivity index (χ0v) is 12.3. The molecule has 5 nitrogen and oxygen atoms in total. The highest BCUT2D eigenvalue weighted by atomic mass is 16.2. The van der Waals surface area contributed by atoms with Crippen LogP contribution >= 0.6 is 0 Å². The molecule has 0 bridgehead atoms. The summed E-state index contributed by atoms with van der Waals surface area (Å²) in [7, 11) is 0. The van der Waals surface area contributed by atoms with E-state index in [0.29, 0.717) is 31.9 Å². The maximum Gasteiger partial charge on any atom is 0.279 e. The van der Waals surface area contributed by atoms with Gasteiger partial charge < -0.3 is 14.7 Å². The number of hydrogen-bond donors (Lipinski definition) is 1. The van der Waals surface area contributed by atoms with Gasteiger partial charge in [-0.2, -0.15) is 0 Å². The molecular weight excluding hydrogens is 266 g/mol. The first kappa shape index (κ1) is 14.1. The molecule has 1 N–H and O–H groups in total. The molecule has 2 fully saturated rings. The van der Waals surface area contributed by atoms with E-state index in [4.69, 9.17) is 0 Å². The topological polar surface area (TPSA) is 45.1 Å². The molecule has 0 radical (unpaired) electrons. The van der Waals surface area contributed by atoms with Gasteiger partial charge >= 0.3 is 0 Å². The number of carbonyl (C=O) groups excluding carboxylic acids is 2. The van der Waals surface area contributed by atoms with Crippen LogP contribution in [0, 0.1) is 0 Å². The Kier molecular flexibility index (Phi) is 4.20. The molecule has 1 aromatic rings. The second-order valence-electron chi connectivity index (χ2n) is 5.87. The zero-order valence-electron chi connectivity index (χ0n) is 12.3. The van der Waals surface area contributed by atoms with Crippen molar-refractivity contribution in [1.29, 1.82) is 0 Å². The van der Waals surface area contributed by atoms with Gasteiger partial charge in [-0.25, -0.2) is 0 Å². The van der Waals surface area contributed by atoms with E-state index in [9.17, 15) is 9.59 Å². The Labute approximate surface area is 125 Å². The molecule has 1 aromatic carbocycles. The largest absolute Gasteiger partial charge is 0.327 e. The number of hydrogen-bond acceptors (Lipinski definition) is 2. The second kappa shape index (κ2) is 6.26. The number of quaternary nitrogens is 1. The van der Waals surface area contributed by atoms with Crippen LogP contribution in [0.5, 0.6) is 0 Å². The lowest BCUT2D eigenvalue weighted by molar-refractivity contribution is -0.879. The second-order valence-corrected chi connectivity index (χ2v) is 5.87. The van der Waals surface area contributed by atoms with Crippen LogP contribution in [-0.2, 0) is 4.79 Å². The molecule has 0 aliphatic carbocycles. The van der Waals surface area contributed by atoms with Crippen LogP contribution in [0.4, 0.5) is 0 Å². The predicted octanol–water partition coefficient (Wildman–Crippen LogP) is -0.393. The Morgan fingerprint density at radius 3 is 2.38 bits per heavy atom. The van der Waals surface area contributed by atoms with Gasteiger partial charge in [-0.3, -0.25) is 9.59 Å². The lowest BCUT2D eigenvalue weighted by Crippen LogP contribution is -3.11. The third kappa shape index (κ3) is 3.24. The molecule has 2 saturated heterocycles. The number of amides is 2. The van der Waals surface area contributed by atoms with Crippen molar-refractivity contribution in [2.45, 2.75) is 12.8 Å². The molecule has 0 unspecified atom stereocenters. The summed E-state index contributed by atoms with van der Waals surface area (Å²) < 4.78 is 0. The first-order valence-electron chi connectivity index (χ1n) is 7.70. The number of rotatable bonds is 3. The Bertz CT molecular complexity index is 512. The zero-order chi connectivity index (χ0) is 14.7. The summed E-state index contributed by atoms with van der Waals surface area (Å²) >= 11 is 0. The highest BCUT2D eigenvalue weighted by Crippen LogP contribution is 2.10. The summed E-state index contributed by atoms with van der Waals surface area (Å²) in [6.45, 7) is 4.51. The predicted molar refractivity (Wildman–Crippen MR) is 78.9 cm³/mol. The molecule has 0 atom stereocenters. The fraction of sp³-hybridized carbons (Fsp3) is 0.500. The number of nitrogens with zero attached hydrogens (tertiary/aromatic N) is 2. The van der Waals surface area contributed by atoms with Crippen molar-refractivity contribution >= 4 is 11.8 Å². The first-order chi connectivity index (χ1) is 10.2. The average Bonchev–Trinajstić information content (AvgIpc) is 3.18. The number of nitrogens with one attached hydrogen (secondary N) is 1. The molecule has 112 valence electrons. The number of likely N-dealkylation sites (tertiary alicyclic amines) is 1. The van der Waals surface area contributed by atoms with E-state index in [0.717, 1.165) is 13.1 Å². The van der Waals surface area contributed by atoms with E-state index in [1.807, 2.05) is 35.2 Å². The Hall–Kier alpha value is -1.88. The standard InChI is InChI=1S/C16H21N3O2/c20-15(12-17-8-4-5-9-17)18-10-11-19(13-18)16(21)14-6-2-1-3-7-14/h1-3,6-7H,4-5,8-13H2/p+1. The van der Waals surface area contributed by atoms with E-state index in [-0.39, 0.29) is 11.8 Å². The van der Waals surface area contributed by atoms with Crippen molar-refractivity contribution in [3.63, 3.8) is 0 Å². The summed E-state index contributed by atoms with van der Waals surface area (Å²) in [4.78, 5) is 29.6. The van der Waals surface area contributed by atoms with Crippen molar-refractivity contribution < 1.29 is 14.5 Å². The van der Waals surface area contributed by atoms with Crippen LogP contribution in [0.15, 0.2) is 30.3 Å². The molecule has 0 spiro atoms. The van der Waals surface area contributed by atoms with Crippen molar-refractivity contribution in [2.24, 2.45) is 0 Å². The summed E-state index contributed by atoms with van der Waals surface area (Å²) in [5, 5.41) is 0. The van der Waals surface area contributed by atoms with Gasteiger partial charge in [0.05, 0.1) is 19.8 Å². The van der Waals surface area contributed by atoms with Crippen molar-refractivity contribution in [3.05, 3.63) is 35.9 Å². The van der Waals surface area contributed by atoms with E-state index < -0.39 is 0 Å². The van der Waals surface area contributed by atoms with E-state index in [1.54, 1.807) is 4.90 Å². The molecule has 3 rings (SSSR count). The summed E-state index contributed by atoms with van der Waals surface area (Å²) in [5.74, 6) is 0.190. The minimum Gasteiger partial charge on any atom is -0.327 e.